The Kier molecular flexibility index (Phi) is 5.68. The standard InChI is InChI=1S/C21H25N3O2/c1-5-25-19-12-8-17(9-13-19)14-24(4)16(3)20-22-23-21(26-20)18-10-6-15(2)7-11-18/h6-13,16H,5,14H2,1-4H3/t16-/m0/s1. The van der Waals surface area contributed by atoms with E-state index in [0.29, 0.717) is 18.4 Å². The highest BCUT2D eigenvalue weighted by molar-refractivity contribution is 5.52. The lowest BCUT2D eigenvalue weighted by Crippen LogP contribution is -2.22. The van der Waals surface area contributed by atoms with E-state index in [2.05, 4.69) is 48.1 Å². The number of hydrogen-bond donors (Lipinski definition) is 0. The van der Waals surface area contributed by atoms with Crippen LogP contribution in [0.3, 0.4) is 0 Å². The van der Waals surface area contributed by atoms with Crippen molar-refractivity contribution in [2.75, 3.05) is 13.7 Å². The molecule has 0 fully saturated rings. The van der Waals surface area contributed by atoms with E-state index >= 15 is 0 Å². The van der Waals surface area contributed by atoms with Gasteiger partial charge in [0.05, 0.1) is 12.6 Å². The predicted octanol–water partition coefficient (Wildman–Crippen LogP) is 4.64. The molecule has 0 radical (unpaired) electrons. The zero-order chi connectivity index (χ0) is 18.5. The van der Waals surface area contributed by atoms with Gasteiger partial charge in [0.25, 0.3) is 0 Å². The summed E-state index contributed by atoms with van der Waals surface area (Å²) < 4.78 is 11.4. The quantitative estimate of drug-likeness (QED) is 0.621. The summed E-state index contributed by atoms with van der Waals surface area (Å²) in [6.07, 6.45) is 0. The molecule has 0 aliphatic rings. The van der Waals surface area contributed by atoms with Gasteiger partial charge in [-0.2, -0.15) is 0 Å². The lowest BCUT2D eigenvalue weighted by Gasteiger charge is -2.21. The van der Waals surface area contributed by atoms with Crippen LogP contribution in [0.2, 0.25) is 0 Å². The van der Waals surface area contributed by atoms with Gasteiger partial charge in [0, 0.05) is 12.1 Å². The fourth-order valence-corrected chi connectivity index (χ4v) is 2.69. The molecule has 1 aromatic heterocycles. The average molecular weight is 351 g/mol. The van der Waals surface area contributed by atoms with Crippen LogP contribution in [0.1, 0.15) is 36.9 Å². The van der Waals surface area contributed by atoms with Crippen molar-refractivity contribution in [3.05, 3.63) is 65.5 Å². The number of rotatable bonds is 7. The minimum atomic E-state index is 0.0215. The van der Waals surface area contributed by atoms with Gasteiger partial charge in [0.2, 0.25) is 11.8 Å². The molecule has 3 rings (SSSR count). The highest BCUT2D eigenvalue weighted by Gasteiger charge is 2.19. The third kappa shape index (κ3) is 4.29. The van der Waals surface area contributed by atoms with Gasteiger partial charge in [-0.25, -0.2) is 0 Å². The zero-order valence-corrected chi connectivity index (χ0v) is 15.8. The smallest absolute Gasteiger partial charge is 0.247 e. The van der Waals surface area contributed by atoms with Gasteiger partial charge in [-0.3, -0.25) is 4.90 Å². The molecule has 0 bridgehead atoms. The van der Waals surface area contributed by atoms with Crippen LogP contribution in [0, 0.1) is 6.92 Å². The number of ether oxygens (including phenoxy) is 1. The van der Waals surface area contributed by atoms with E-state index in [9.17, 15) is 0 Å². The maximum atomic E-state index is 5.90. The Labute approximate surface area is 154 Å². The van der Waals surface area contributed by atoms with Gasteiger partial charge < -0.3 is 9.15 Å². The molecule has 0 amide bonds. The number of aryl methyl sites for hydroxylation is 1. The van der Waals surface area contributed by atoms with Crippen LogP contribution in [-0.4, -0.2) is 28.8 Å². The second-order valence-electron chi connectivity index (χ2n) is 6.48. The van der Waals surface area contributed by atoms with Crippen molar-refractivity contribution in [2.45, 2.75) is 33.4 Å². The van der Waals surface area contributed by atoms with E-state index in [0.717, 1.165) is 17.9 Å². The third-order valence-corrected chi connectivity index (χ3v) is 4.42. The highest BCUT2D eigenvalue weighted by atomic mass is 16.5. The number of nitrogens with zero attached hydrogens (tertiary/aromatic N) is 3. The van der Waals surface area contributed by atoms with Crippen molar-refractivity contribution in [3.63, 3.8) is 0 Å². The summed E-state index contributed by atoms with van der Waals surface area (Å²) in [5.41, 5.74) is 3.36. The van der Waals surface area contributed by atoms with E-state index in [1.807, 2.05) is 43.3 Å². The van der Waals surface area contributed by atoms with Gasteiger partial charge in [-0.15, -0.1) is 10.2 Å². The molecule has 0 saturated heterocycles. The van der Waals surface area contributed by atoms with E-state index < -0.39 is 0 Å². The SMILES string of the molecule is CCOc1ccc(CN(C)[C@@H](C)c2nnc(-c3ccc(C)cc3)o2)cc1. The van der Waals surface area contributed by atoms with Crippen LogP contribution in [0.5, 0.6) is 5.75 Å². The lowest BCUT2D eigenvalue weighted by atomic mass is 10.1. The van der Waals surface area contributed by atoms with Gasteiger partial charge >= 0.3 is 0 Å². The maximum Gasteiger partial charge on any atom is 0.247 e. The number of aromatic nitrogens is 2. The summed E-state index contributed by atoms with van der Waals surface area (Å²) in [6.45, 7) is 7.58. The van der Waals surface area contributed by atoms with Gasteiger partial charge in [-0.1, -0.05) is 29.8 Å². The van der Waals surface area contributed by atoms with Gasteiger partial charge in [-0.05, 0) is 57.6 Å². The first-order valence-corrected chi connectivity index (χ1v) is 8.89. The minimum Gasteiger partial charge on any atom is -0.494 e. The molecule has 5 nitrogen and oxygen atoms in total. The average Bonchev–Trinajstić information content (AvgIpc) is 3.13. The van der Waals surface area contributed by atoms with Crippen molar-refractivity contribution < 1.29 is 9.15 Å². The maximum absolute atomic E-state index is 5.90. The Bertz CT molecular complexity index is 825. The fraction of sp³-hybridized carbons (Fsp3) is 0.333. The molecule has 0 spiro atoms. The number of hydrogen-bond acceptors (Lipinski definition) is 5. The normalized spacial score (nSPS) is 12.3. The molecule has 3 aromatic rings. The third-order valence-electron chi connectivity index (χ3n) is 4.42. The molecule has 1 atom stereocenters. The Morgan fingerprint density at radius 2 is 1.73 bits per heavy atom. The summed E-state index contributed by atoms with van der Waals surface area (Å²) in [6, 6.07) is 16.3. The van der Waals surface area contributed by atoms with E-state index in [-0.39, 0.29) is 6.04 Å². The van der Waals surface area contributed by atoms with E-state index in [1.54, 1.807) is 0 Å². The molecule has 0 saturated carbocycles. The topological polar surface area (TPSA) is 51.4 Å². The molecule has 5 heteroatoms. The van der Waals surface area contributed by atoms with Crippen molar-refractivity contribution in [2.24, 2.45) is 0 Å². The Hall–Kier alpha value is -2.66. The lowest BCUT2D eigenvalue weighted by molar-refractivity contribution is 0.218. The Morgan fingerprint density at radius 1 is 1.04 bits per heavy atom. The second-order valence-corrected chi connectivity index (χ2v) is 6.48. The highest BCUT2D eigenvalue weighted by Crippen LogP contribution is 2.24. The first kappa shape index (κ1) is 18.1. The monoisotopic (exact) mass is 351 g/mol. The molecule has 0 aliphatic heterocycles. The van der Waals surface area contributed by atoms with E-state index in [1.165, 1.54) is 11.1 Å². The second kappa shape index (κ2) is 8.15. The van der Waals surface area contributed by atoms with Crippen LogP contribution in [0.25, 0.3) is 11.5 Å². The first-order chi connectivity index (χ1) is 12.6. The van der Waals surface area contributed by atoms with Crippen LogP contribution in [0.4, 0.5) is 0 Å². The molecule has 26 heavy (non-hydrogen) atoms. The molecule has 0 aliphatic carbocycles. The molecule has 2 aromatic carbocycles. The Morgan fingerprint density at radius 3 is 2.38 bits per heavy atom. The summed E-state index contributed by atoms with van der Waals surface area (Å²) in [7, 11) is 2.05. The minimum absolute atomic E-state index is 0.0215. The largest absolute Gasteiger partial charge is 0.494 e. The first-order valence-electron chi connectivity index (χ1n) is 8.89. The van der Waals surface area contributed by atoms with Gasteiger partial charge in [0.15, 0.2) is 0 Å². The molecule has 136 valence electrons. The predicted molar refractivity (Wildman–Crippen MR) is 102 cm³/mol. The van der Waals surface area contributed by atoms with Crippen LogP contribution in [0.15, 0.2) is 52.9 Å². The molecule has 0 N–H and O–H groups in total. The summed E-state index contributed by atoms with van der Waals surface area (Å²) in [5, 5.41) is 8.44. The van der Waals surface area contributed by atoms with Crippen LogP contribution >= 0.6 is 0 Å². The van der Waals surface area contributed by atoms with E-state index in [4.69, 9.17) is 9.15 Å². The van der Waals surface area contributed by atoms with Gasteiger partial charge in [0.1, 0.15) is 5.75 Å². The van der Waals surface area contributed by atoms with Crippen LogP contribution in [-0.2, 0) is 6.54 Å². The molecular formula is C21H25N3O2. The van der Waals surface area contributed by atoms with Crippen LogP contribution < -0.4 is 4.74 Å². The molecule has 1 heterocycles. The summed E-state index contributed by atoms with van der Waals surface area (Å²) in [4.78, 5) is 2.18. The van der Waals surface area contributed by atoms with Crippen molar-refractivity contribution >= 4 is 0 Å². The zero-order valence-electron chi connectivity index (χ0n) is 15.8. The molecular weight excluding hydrogens is 326 g/mol. The molecule has 0 unspecified atom stereocenters. The fourth-order valence-electron chi connectivity index (χ4n) is 2.69. The van der Waals surface area contributed by atoms with Crippen molar-refractivity contribution in [3.8, 4) is 17.2 Å². The Balaban J connectivity index is 1.66. The van der Waals surface area contributed by atoms with Crippen molar-refractivity contribution in [1.29, 1.82) is 0 Å². The van der Waals surface area contributed by atoms with Crippen molar-refractivity contribution in [1.82, 2.24) is 15.1 Å². The summed E-state index contributed by atoms with van der Waals surface area (Å²) >= 11 is 0. The number of benzene rings is 2. The summed E-state index contributed by atoms with van der Waals surface area (Å²) in [5.74, 6) is 2.07.